The van der Waals surface area contributed by atoms with Crippen molar-refractivity contribution in [3.05, 3.63) is 17.5 Å². The summed E-state index contributed by atoms with van der Waals surface area (Å²) in [6.07, 6.45) is 25.5. The molecule has 2 aromatic rings. The van der Waals surface area contributed by atoms with E-state index in [1.807, 2.05) is 16.8 Å². The van der Waals surface area contributed by atoms with Crippen LogP contribution in [0.25, 0.3) is 11.0 Å². The van der Waals surface area contributed by atoms with Gasteiger partial charge in [-0.2, -0.15) is 4.98 Å². The van der Waals surface area contributed by atoms with Crippen molar-refractivity contribution >= 4 is 34.4 Å². The van der Waals surface area contributed by atoms with E-state index in [4.69, 9.17) is 33.2 Å². The minimum atomic E-state index is -0.949. The van der Waals surface area contributed by atoms with E-state index >= 15 is 0 Å². The van der Waals surface area contributed by atoms with Crippen LogP contribution in [0.1, 0.15) is 116 Å². The summed E-state index contributed by atoms with van der Waals surface area (Å²) in [5.41, 5.74) is 5.60. The number of halogens is 1. The van der Waals surface area contributed by atoms with Crippen molar-refractivity contribution < 1.29 is 14.3 Å². The van der Waals surface area contributed by atoms with Crippen LogP contribution in [0.2, 0.25) is 5.28 Å². The van der Waals surface area contributed by atoms with Gasteiger partial charge < -0.3 is 19.8 Å². The monoisotopic (exact) mass is 530 g/mol. The van der Waals surface area contributed by atoms with Crippen LogP contribution >= 0.6 is 11.6 Å². The summed E-state index contributed by atoms with van der Waals surface area (Å²) >= 11 is 5.99. The molecule has 2 atom stereocenters. The Labute approximate surface area is 226 Å². The van der Waals surface area contributed by atoms with Crippen molar-refractivity contribution in [2.45, 2.75) is 121 Å². The number of esters is 1. The quantitative estimate of drug-likeness (QED) is 0.0992. The first-order valence-corrected chi connectivity index (χ1v) is 14.5. The molecule has 1 saturated heterocycles. The van der Waals surface area contributed by atoms with E-state index < -0.39 is 5.60 Å². The number of hydrogen-bond acceptors (Lipinski definition) is 6. The molecule has 1 aliphatic heterocycles. The maximum absolute atomic E-state index is 12.3. The molecule has 8 heteroatoms. The number of carbonyl (C=O) groups excluding carboxylic acids is 1. The number of hydrogen-bond donors (Lipinski definition) is 1. The zero-order chi connectivity index (χ0) is 26.5. The Bertz CT molecular complexity index is 1030. The Kier molecular flexibility index (Phi) is 12.0. The van der Waals surface area contributed by atoms with Crippen molar-refractivity contribution in [2.75, 3.05) is 12.3 Å². The van der Waals surface area contributed by atoms with Crippen LogP contribution in [0.3, 0.4) is 0 Å². The van der Waals surface area contributed by atoms with Gasteiger partial charge in [-0.25, -0.2) is 4.98 Å². The summed E-state index contributed by atoms with van der Waals surface area (Å²) in [6, 6.07) is 1.83. The number of anilines is 1. The molecule has 2 N–H and O–H groups in total. The lowest BCUT2D eigenvalue weighted by Gasteiger charge is -2.24. The Morgan fingerprint density at radius 2 is 1.76 bits per heavy atom. The minimum Gasteiger partial charge on any atom is -0.462 e. The van der Waals surface area contributed by atoms with E-state index in [1.54, 1.807) is 0 Å². The summed E-state index contributed by atoms with van der Waals surface area (Å²) in [6.45, 7) is 2.31. The average Bonchev–Trinajstić information content (AvgIpc) is 3.50. The Hall–Kier alpha value is -2.30. The summed E-state index contributed by atoms with van der Waals surface area (Å²) < 4.78 is 13.6. The molecule has 204 valence electrons. The molecule has 37 heavy (non-hydrogen) atoms. The molecule has 0 aliphatic carbocycles. The molecule has 2 unspecified atom stereocenters. The zero-order valence-corrected chi connectivity index (χ0v) is 23.1. The molecule has 3 heterocycles. The van der Waals surface area contributed by atoms with E-state index in [0.29, 0.717) is 36.1 Å². The molecule has 0 bridgehead atoms. The molecule has 1 aliphatic rings. The maximum atomic E-state index is 12.3. The molecule has 7 nitrogen and oxygen atoms in total. The van der Waals surface area contributed by atoms with E-state index in [2.05, 4.69) is 22.8 Å². The van der Waals surface area contributed by atoms with Crippen LogP contribution < -0.4 is 5.73 Å². The van der Waals surface area contributed by atoms with Gasteiger partial charge in [0.2, 0.25) is 5.28 Å². The molecule has 0 spiro atoms. The Morgan fingerprint density at radius 3 is 2.38 bits per heavy atom. The highest BCUT2D eigenvalue weighted by molar-refractivity contribution is 6.28. The van der Waals surface area contributed by atoms with Gasteiger partial charge in [0.15, 0.2) is 5.60 Å². The second-order valence-electron chi connectivity index (χ2n) is 10.2. The highest BCUT2D eigenvalue weighted by atomic mass is 35.5. The lowest BCUT2D eigenvalue weighted by Crippen LogP contribution is -2.34. The number of rotatable bonds is 17. The highest BCUT2D eigenvalue weighted by Crippen LogP contribution is 2.38. The third-order valence-corrected chi connectivity index (χ3v) is 7.42. The second kappa shape index (κ2) is 15.2. The third kappa shape index (κ3) is 8.90. The van der Waals surface area contributed by atoms with Crippen molar-refractivity contribution in [3.8, 4) is 12.3 Å². The predicted octanol–water partition coefficient (Wildman–Crippen LogP) is 7.37. The van der Waals surface area contributed by atoms with Gasteiger partial charge in [-0.1, -0.05) is 89.9 Å². The number of fused-ring (bicyclic) bond motifs is 1. The van der Waals surface area contributed by atoms with Gasteiger partial charge >= 0.3 is 5.97 Å². The standard InChI is InChI=1S/C29H43ClN4O3/c1-3-5-6-7-8-9-10-11-12-13-14-15-16-17-25(35)36-22-29(4-2)20-18-24(37-29)34-21-19-23-26(31)32-28(30)33-27(23)34/h2,19,21,24H,3,5-18,20,22H2,1H3,(H2,31,32,33). The average molecular weight is 531 g/mol. The van der Waals surface area contributed by atoms with Crippen LogP contribution in [0.5, 0.6) is 0 Å². The van der Waals surface area contributed by atoms with Gasteiger partial charge in [0, 0.05) is 12.6 Å². The fourth-order valence-corrected chi connectivity index (χ4v) is 5.17. The second-order valence-corrected chi connectivity index (χ2v) is 10.6. The van der Waals surface area contributed by atoms with E-state index in [0.717, 1.165) is 12.8 Å². The van der Waals surface area contributed by atoms with E-state index in [1.165, 1.54) is 70.6 Å². The number of nitrogens with two attached hydrogens (primary N) is 1. The first kappa shape index (κ1) is 29.3. The maximum Gasteiger partial charge on any atom is 0.305 e. The van der Waals surface area contributed by atoms with Crippen LogP contribution in [-0.4, -0.2) is 32.7 Å². The van der Waals surface area contributed by atoms with Crippen LogP contribution in [0, 0.1) is 12.3 Å². The van der Waals surface area contributed by atoms with Gasteiger partial charge in [0.1, 0.15) is 24.3 Å². The summed E-state index contributed by atoms with van der Waals surface area (Å²) in [5, 5.41) is 0.781. The number of terminal acetylenes is 1. The molecule has 0 saturated carbocycles. The molecule has 3 rings (SSSR count). The van der Waals surface area contributed by atoms with Gasteiger partial charge in [0.25, 0.3) is 0 Å². The lowest BCUT2D eigenvalue weighted by atomic mass is 10.0. The number of unbranched alkanes of at least 4 members (excludes halogenated alkanes) is 12. The smallest absolute Gasteiger partial charge is 0.305 e. The fourth-order valence-electron chi connectivity index (χ4n) is 5.00. The Morgan fingerprint density at radius 1 is 1.14 bits per heavy atom. The van der Waals surface area contributed by atoms with Crippen LogP contribution in [0.15, 0.2) is 12.3 Å². The number of nitrogen functional groups attached to an aromatic ring is 1. The van der Waals surface area contributed by atoms with Gasteiger partial charge in [-0.3, -0.25) is 4.79 Å². The van der Waals surface area contributed by atoms with Crippen molar-refractivity contribution in [3.63, 3.8) is 0 Å². The van der Waals surface area contributed by atoms with Crippen LogP contribution in [0.4, 0.5) is 5.82 Å². The molecular formula is C29H43ClN4O3. The van der Waals surface area contributed by atoms with Gasteiger partial charge in [-0.15, -0.1) is 6.42 Å². The number of aromatic nitrogens is 3. The summed E-state index contributed by atoms with van der Waals surface area (Å²) in [7, 11) is 0. The Balaban J connectivity index is 1.29. The van der Waals surface area contributed by atoms with Crippen molar-refractivity contribution in [1.82, 2.24) is 14.5 Å². The first-order valence-electron chi connectivity index (χ1n) is 14.1. The molecule has 0 radical (unpaired) electrons. The minimum absolute atomic E-state index is 0.0500. The SMILES string of the molecule is C#CC1(COC(=O)CCCCCCCCCCCCCCC)CCC(n2ccc3c(N)nc(Cl)nc32)O1. The van der Waals surface area contributed by atoms with Crippen molar-refractivity contribution in [1.29, 1.82) is 0 Å². The molecular weight excluding hydrogens is 488 g/mol. The topological polar surface area (TPSA) is 92.3 Å². The number of carbonyl (C=O) groups is 1. The first-order chi connectivity index (χ1) is 18.0. The third-order valence-electron chi connectivity index (χ3n) is 7.25. The predicted molar refractivity (Wildman–Crippen MR) is 149 cm³/mol. The van der Waals surface area contributed by atoms with E-state index in [9.17, 15) is 4.79 Å². The van der Waals surface area contributed by atoms with E-state index in [-0.39, 0.29) is 24.1 Å². The molecule has 2 aromatic heterocycles. The zero-order valence-electron chi connectivity index (χ0n) is 22.4. The molecule has 1 fully saturated rings. The molecule has 0 aromatic carbocycles. The highest BCUT2D eigenvalue weighted by Gasteiger charge is 2.41. The fraction of sp³-hybridized carbons (Fsp3) is 0.690. The van der Waals surface area contributed by atoms with Gasteiger partial charge in [0.05, 0.1) is 5.39 Å². The summed E-state index contributed by atoms with van der Waals surface area (Å²) in [5.74, 6) is 2.81. The number of ether oxygens (including phenoxy) is 2. The normalized spacial score (nSPS) is 19.3. The number of nitrogens with zero attached hydrogens (tertiary/aromatic N) is 3. The lowest BCUT2D eigenvalue weighted by molar-refractivity contribution is -0.152. The largest absolute Gasteiger partial charge is 0.462 e. The van der Waals surface area contributed by atoms with Crippen molar-refractivity contribution in [2.24, 2.45) is 0 Å². The van der Waals surface area contributed by atoms with Crippen LogP contribution in [-0.2, 0) is 14.3 Å². The van der Waals surface area contributed by atoms with Gasteiger partial charge in [-0.05, 0) is 36.9 Å². The summed E-state index contributed by atoms with van der Waals surface area (Å²) in [4.78, 5) is 20.6. The molecule has 0 amide bonds.